The monoisotopic (exact) mass is 282 g/mol. The van der Waals surface area contributed by atoms with Crippen LogP contribution in [-0.4, -0.2) is 50.0 Å². The molecule has 0 aliphatic carbocycles. The molecule has 0 saturated heterocycles. The van der Waals surface area contributed by atoms with Gasteiger partial charge in [0.05, 0.1) is 12.8 Å². The number of aliphatic hydroxyl groups excluding tert-OH is 1. The van der Waals surface area contributed by atoms with E-state index in [-0.39, 0.29) is 13.2 Å². The van der Waals surface area contributed by atoms with Gasteiger partial charge in [-0.25, -0.2) is 0 Å². The molecule has 0 aromatic heterocycles. The minimum absolute atomic E-state index is 0.0789. The number of aliphatic carboxylic acids is 1. The number of methoxy groups -OCH3 is 1. The normalized spacial score (nSPS) is 10.3. The zero-order valence-electron chi connectivity index (χ0n) is 11.9. The number of hydrogen-bond donors (Lipinski definition) is 3. The summed E-state index contributed by atoms with van der Waals surface area (Å²) in [7, 11) is 3.28. The fourth-order valence-electron chi connectivity index (χ4n) is 1.87. The number of ether oxygens (including phenoxy) is 1. The molecule has 1 aromatic carbocycles. The summed E-state index contributed by atoms with van der Waals surface area (Å²) in [5, 5.41) is 20.7. The number of hydrogen-bond acceptors (Lipinski definition) is 5. The first-order valence-electron chi connectivity index (χ1n) is 6.50. The van der Waals surface area contributed by atoms with Gasteiger partial charge in [0.2, 0.25) is 0 Å². The number of nitrogens with one attached hydrogen (secondary N) is 1. The number of benzene rings is 1. The highest BCUT2D eigenvalue weighted by atomic mass is 16.5. The Morgan fingerprint density at radius 3 is 2.80 bits per heavy atom. The molecule has 0 atom stereocenters. The molecular formula is C14H22N2O4. The Labute approximate surface area is 119 Å². The summed E-state index contributed by atoms with van der Waals surface area (Å²) in [6, 6.07) is 5.67. The van der Waals surface area contributed by atoms with Gasteiger partial charge in [0, 0.05) is 20.2 Å². The first-order valence-corrected chi connectivity index (χ1v) is 6.50. The van der Waals surface area contributed by atoms with Crippen LogP contribution in [0.1, 0.15) is 12.0 Å². The van der Waals surface area contributed by atoms with E-state index in [4.69, 9.17) is 14.9 Å². The number of likely N-dealkylation sites (N-methyl/N-ethyl adjacent to an activating group) is 1. The third-order valence-corrected chi connectivity index (χ3v) is 2.87. The summed E-state index contributed by atoms with van der Waals surface area (Å²) >= 11 is 0. The standard InChI is InChI=1S/C14H22N2O4/c1-16(10-14(18)19)12-5-4-11(8-13(12)20-2)9-15-6-3-7-17/h4-5,8,15,17H,3,6-7,9-10H2,1-2H3,(H,18,19). The van der Waals surface area contributed by atoms with Crippen molar-refractivity contribution in [1.29, 1.82) is 0 Å². The molecule has 0 radical (unpaired) electrons. The molecule has 1 aromatic rings. The van der Waals surface area contributed by atoms with E-state index in [1.807, 2.05) is 18.2 Å². The van der Waals surface area contributed by atoms with Gasteiger partial charge in [0.1, 0.15) is 12.3 Å². The predicted molar refractivity (Wildman–Crippen MR) is 77.3 cm³/mol. The van der Waals surface area contributed by atoms with Crippen LogP contribution in [0.2, 0.25) is 0 Å². The number of aliphatic hydroxyl groups is 1. The number of nitrogens with zero attached hydrogens (tertiary/aromatic N) is 1. The Morgan fingerprint density at radius 1 is 1.45 bits per heavy atom. The van der Waals surface area contributed by atoms with E-state index < -0.39 is 5.97 Å². The van der Waals surface area contributed by atoms with E-state index in [1.165, 1.54) is 0 Å². The summed E-state index contributed by atoms with van der Waals surface area (Å²) in [6.07, 6.45) is 0.719. The lowest BCUT2D eigenvalue weighted by Crippen LogP contribution is -2.25. The Hall–Kier alpha value is -1.79. The molecule has 0 unspecified atom stereocenters. The summed E-state index contributed by atoms with van der Waals surface area (Å²) in [5.41, 5.74) is 1.79. The fourth-order valence-corrected chi connectivity index (χ4v) is 1.87. The maximum Gasteiger partial charge on any atom is 0.323 e. The molecule has 0 saturated carbocycles. The second-order valence-corrected chi connectivity index (χ2v) is 4.51. The molecule has 0 aliphatic heterocycles. The van der Waals surface area contributed by atoms with E-state index >= 15 is 0 Å². The van der Waals surface area contributed by atoms with Crippen LogP contribution >= 0.6 is 0 Å². The summed E-state index contributed by atoms with van der Waals surface area (Å²) < 4.78 is 5.31. The van der Waals surface area contributed by atoms with Gasteiger partial charge in [-0.15, -0.1) is 0 Å². The van der Waals surface area contributed by atoms with E-state index in [0.29, 0.717) is 12.3 Å². The molecule has 0 fully saturated rings. The van der Waals surface area contributed by atoms with Crippen molar-refractivity contribution in [1.82, 2.24) is 5.32 Å². The van der Waals surface area contributed by atoms with Gasteiger partial charge in [-0.05, 0) is 30.7 Å². The lowest BCUT2D eigenvalue weighted by atomic mass is 10.1. The average molecular weight is 282 g/mol. The van der Waals surface area contributed by atoms with Gasteiger partial charge in [0.15, 0.2) is 0 Å². The van der Waals surface area contributed by atoms with Gasteiger partial charge in [0.25, 0.3) is 0 Å². The van der Waals surface area contributed by atoms with Gasteiger partial charge < -0.3 is 25.2 Å². The van der Waals surface area contributed by atoms with E-state index in [2.05, 4.69) is 5.32 Å². The van der Waals surface area contributed by atoms with Crippen LogP contribution in [0.25, 0.3) is 0 Å². The predicted octanol–water partition coefficient (Wildman–Crippen LogP) is 0.688. The minimum Gasteiger partial charge on any atom is -0.495 e. The van der Waals surface area contributed by atoms with Crippen LogP contribution in [0, 0.1) is 0 Å². The molecule has 0 amide bonds. The zero-order valence-corrected chi connectivity index (χ0v) is 11.9. The van der Waals surface area contributed by atoms with Crippen molar-refractivity contribution in [3.8, 4) is 5.75 Å². The first kappa shape index (κ1) is 16.3. The van der Waals surface area contributed by atoms with E-state index in [0.717, 1.165) is 24.2 Å². The molecule has 1 rings (SSSR count). The van der Waals surface area contributed by atoms with Crippen molar-refractivity contribution >= 4 is 11.7 Å². The number of carboxylic acids is 1. The minimum atomic E-state index is -0.885. The fraction of sp³-hybridized carbons (Fsp3) is 0.500. The van der Waals surface area contributed by atoms with Gasteiger partial charge in [-0.2, -0.15) is 0 Å². The Kier molecular flexibility index (Phi) is 6.83. The largest absolute Gasteiger partial charge is 0.495 e. The molecule has 0 aliphatic rings. The Bertz CT molecular complexity index is 437. The maximum absolute atomic E-state index is 10.7. The van der Waals surface area contributed by atoms with Gasteiger partial charge >= 0.3 is 5.97 Å². The smallest absolute Gasteiger partial charge is 0.323 e. The second kappa shape index (κ2) is 8.39. The lowest BCUT2D eigenvalue weighted by Gasteiger charge is -2.20. The van der Waals surface area contributed by atoms with Crippen LogP contribution in [0.5, 0.6) is 5.75 Å². The molecule has 3 N–H and O–H groups in total. The average Bonchev–Trinajstić information content (AvgIpc) is 2.42. The second-order valence-electron chi connectivity index (χ2n) is 4.51. The summed E-state index contributed by atoms with van der Waals surface area (Å²) in [5.74, 6) is -0.237. The van der Waals surface area contributed by atoms with Crippen molar-refractivity contribution < 1.29 is 19.7 Å². The molecule has 0 heterocycles. The number of carbonyl (C=O) groups is 1. The topological polar surface area (TPSA) is 82.0 Å². The van der Waals surface area contributed by atoms with E-state index in [1.54, 1.807) is 19.1 Å². The van der Waals surface area contributed by atoms with Crippen LogP contribution < -0.4 is 15.0 Å². The molecule has 0 bridgehead atoms. The third-order valence-electron chi connectivity index (χ3n) is 2.87. The molecule has 6 nitrogen and oxygen atoms in total. The van der Waals surface area contributed by atoms with Crippen LogP contribution in [0.4, 0.5) is 5.69 Å². The molecular weight excluding hydrogens is 260 g/mol. The number of rotatable bonds is 9. The van der Waals surface area contributed by atoms with Crippen LogP contribution in [0.15, 0.2) is 18.2 Å². The molecule has 112 valence electrons. The molecule has 0 spiro atoms. The van der Waals surface area contributed by atoms with Gasteiger partial charge in [-0.3, -0.25) is 4.79 Å². The van der Waals surface area contributed by atoms with Crippen molar-refractivity contribution in [2.24, 2.45) is 0 Å². The number of anilines is 1. The highest BCUT2D eigenvalue weighted by molar-refractivity contribution is 5.75. The Balaban J connectivity index is 2.72. The highest BCUT2D eigenvalue weighted by Crippen LogP contribution is 2.28. The lowest BCUT2D eigenvalue weighted by molar-refractivity contribution is -0.135. The van der Waals surface area contributed by atoms with Crippen molar-refractivity contribution in [3.63, 3.8) is 0 Å². The van der Waals surface area contributed by atoms with Crippen LogP contribution in [0.3, 0.4) is 0 Å². The summed E-state index contributed by atoms with van der Waals surface area (Å²) in [4.78, 5) is 12.4. The number of carboxylic acid groups (broad SMARTS) is 1. The van der Waals surface area contributed by atoms with Crippen molar-refractivity contribution in [2.75, 3.05) is 38.8 Å². The Morgan fingerprint density at radius 2 is 2.20 bits per heavy atom. The van der Waals surface area contributed by atoms with Crippen molar-refractivity contribution in [3.05, 3.63) is 23.8 Å². The SMILES string of the molecule is COc1cc(CNCCCO)ccc1N(C)CC(=O)O. The van der Waals surface area contributed by atoms with E-state index in [9.17, 15) is 4.79 Å². The molecule has 20 heavy (non-hydrogen) atoms. The first-order chi connectivity index (χ1) is 9.58. The maximum atomic E-state index is 10.7. The van der Waals surface area contributed by atoms with Gasteiger partial charge in [-0.1, -0.05) is 6.07 Å². The van der Waals surface area contributed by atoms with Crippen molar-refractivity contribution in [2.45, 2.75) is 13.0 Å². The summed E-state index contributed by atoms with van der Waals surface area (Å²) in [6.45, 7) is 1.53. The van der Waals surface area contributed by atoms with Crippen LogP contribution in [-0.2, 0) is 11.3 Å². The highest BCUT2D eigenvalue weighted by Gasteiger charge is 2.11. The third kappa shape index (κ3) is 5.07. The molecule has 6 heteroatoms. The quantitative estimate of drug-likeness (QED) is 0.578. The zero-order chi connectivity index (χ0) is 15.0.